The van der Waals surface area contributed by atoms with Crippen molar-refractivity contribution in [3.8, 4) is 0 Å². The molecule has 0 radical (unpaired) electrons. The van der Waals surface area contributed by atoms with Crippen LogP contribution < -0.4 is 5.73 Å². The average Bonchev–Trinajstić information content (AvgIpc) is 2.31. The van der Waals surface area contributed by atoms with E-state index < -0.39 is 0 Å². The molecule has 1 nitrogen and oxygen atoms in total. The standard InChI is InChI=1S/C13H18BrNS/c14-12-7-4-8-13(11(12)9-15)16-10-5-2-1-3-6-10/h4,7-8,10H,1-3,5-6,9,15H2. The molecule has 88 valence electrons. The largest absolute Gasteiger partial charge is 0.326 e. The third-order valence-corrected chi connectivity index (χ3v) is 5.31. The maximum Gasteiger partial charge on any atom is 0.0231 e. The zero-order valence-electron chi connectivity index (χ0n) is 9.42. The predicted octanol–water partition coefficient (Wildman–Crippen LogP) is 4.33. The summed E-state index contributed by atoms with van der Waals surface area (Å²) in [5.41, 5.74) is 7.08. The molecule has 0 aliphatic heterocycles. The van der Waals surface area contributed by atoms with E-state index in [4.69, 9.17) is 5.73 Å². The quantitative estimate of drug-likeness (QED) is 0.899. The van der Waals surface area contributed by atoms with Gasteiger partial charge in [0.2, 0.25) is 0 Å². The van der Waals surface area contributed by atoms with Crippen LogP contribution in [0, 0.1) is 0 Å². The smallest absolute Gasteiger partial charge is 0.0231 e. The summed E-state index contributed by atoms with van der Waals surface area (Å²) in [6, 6.07) is 6.38. The van der Waals surface area contributed by atoms with Crippen LogP contribution >= 0.6 is 27.7 Å². The van der Waals surface area contributed by atoms with E-state index in [-0.39, 0.29) is 0 Å². The molecule has 1 aliphatic carbocycles. The number of benzene rings is 1. The van der Waals surface area contributed by atoms with Crippen molar-refractivity contribution in [2.75, 3.05) is 0 Å². The van der Waals surface area contributed by atoms with Crippen molar-refractivity contribution in [2.45, 2.75) is 48.8 Å². The van der Waals surface area contributed by atoms with Crippen molar-refractivity contribution >= 4 is 27.7 Å². The van der Waals surface area contributed by atoms with Crippen LogP contribution in [0.5, 0.6) is 0 Å². The van der Waals surface area contributed by atoms with Gasteiger partial charge in [0, 0.05) is 21.2 Å². The molecule has 2 N–H and O–H groups in total. The average molecular weight is 300 g/mol. The number of hydrogen-bond donors (Lipinski definition) is 1. The molecule has 0 aromatic heterocycles. The molecule has 1 aromatic rings. The maximum absolute atomic E-state index is 5.81. The lowest BCUT2D eigenvalue weighted by Gasteiger charge is -2.22. The molecular formula is C13H18BrNS. The Bertz CT molecular complexity index is 348. The molecule has 0 saturated heterocycles. The Morgan fingerprint density at radius 3 is 2.69 bits per heavy atom. The van der Waals surface area contributed by atoms with Crippen molar-refractivity contribution in [1.29, 1.82) is 0 Å². The number of rotatable bonds is 3. The lowest BCUT2D eigenvalue weighted by atomic mass is 10.0. The molecule has 1 aromatic carbocycles. The van der Waals surface area contributed by atoms with Crippen molar-refractivity contribution < 1.29 is 0 Å². The first-order chi connectivity index (χ1) is 7.81. The number of nitrogens with two attached hydrogens (primary N) is 1. The van der Waals surface area contributed by atoms with Gasteiger partial charge in [-0.05, 0) is 30.5 Å². The van der Waals surface area contributed by atoms with Gasteiger partial charge in [0.15, 0.2) is 0 Å². The van der Waals surface area contributed by atoms with Gasteiger partial charge in [0.25, 0.3) is 0 Å². The normalized spacial score (nSPS) is 17.6. The van der Waals surface area contributed by atoms with Gasteiger partial charge in [-0.15, -0.1) is 11.8 Å². The zero-order chi connectivity index (χ0) is 11.4. The third kappa shape index (κ3) is 3.02. The Morgan fingerprint density at radius 2 is 2.00 bits per heavy atom. The maximum atomic E-state index is 5.81. The van der Waals surface area contributed by atoms with Gasteiger partial charge in [-0.1, -0.05) is 41.3 Å². The minimum absolute atomic E-state index is 0.622. The van der Waals surface area contributed by atoms with Crippen LogP contribution in [0.4, 0.5) is 0 Å². The molecular weight excluding hydrogens is 282 g/mol. The molecule has 1 saturated carbocycles. The van der Waals surface area contributed by atoms with E-state index in [0.29, 0.717) is 6.54 Å². The summed E-state index contributed by atoms with van der Waals surface area (Å²) in [4.78, 5) is 1.36. The van der Waals surface area contributed by atoms with Gasteiger partial charge in [0.05, 0.1) is 0 Å². The van der Waals surface area contributed by atoms with Crippen LogP contribution in [0.1, 0.15) is 37.7 Å². The van der Waals surface area contributed by atoms with Crippen LogP contribution in [0.15, 0.2) is 27.6 Å². The minimum atomic E-state index is 0.622. The first-order valence-electron chi connectivity index (χ1n) is 5.95. The molecule has 0 unspecified atom stereocenters. The molecule has 0 spiro atoms. The Labute approximate surface area is 110 Å². The second-order valence-electron chi connectivity index (χ2n) is 4.30. The van der Waals surface area contributed by atoms with Crippen LogP contribution in [0.2, 0.25) is 0 Å². The first-order valence-corrected chi connectivity index (χ1v) is 7.62. The lowest BCUT2D eigenvalue weighted by molar-refractivity contribution is 0.516. The Kier molecular flexibility index (Phi) is 4.74. The second-order valence-corrected chi connectivity index (χ2v) is 6.50. The first kappa shape index (κ1) is 12.5. The van der Waals surface area contributed by atoms with E-state index >= 15 is 0 Å². The summed E-state index contributed by atoms with van der Waals surface area (Å²) in [6.07, 6.45) is 6.93. The van der Waals surface area contributed by atoms with E-state index in [0.717, 1.165) is 9.72 Å². The Hall–Kier alpha value is 0.01000. The van der Waals surface area contributed by atoms with Crippen molar-refractivity contribution in [1.82, 2.24) is 0 Å². The summed E-state index contributed by atoms with van der Waals surface area (Å²) in [6.45, 7) is 0.622. The van der Waals surface area contributed by atoms with Gasteiger partial charge < -0.3 is 5.73 Å². The summed E-state index contributed by atoms with van der Waals surface area (Å²) < 4.78 is 1.15. The Balaban J connectivity index is 2.10. The summed E-state index contributed by atoms with van der Waals surface area (Å²) in [7, 11) is 0. The zero-order valence-corrected chi connectivity index (χ0v) is 11.8. The fourth-order valence-corrected chi connectivity index (χ4v) is 4.29. The fourth-order valence-electron chi connectivity index (χ4n) is 2.21. The van der Waals surface area contributed by atoms with Gasteiger partial charge in [-0.25, -0.2) is 0 Å². The highest BCUT2D eigenvalue weighted by molar-refractivity contribution is 9.10. The van der Waals surface area contributed by atoms with E-state index in [9.17, 15) is 0 Å². The van der Waals surface area contributed by atoms with Crippen LogP contribution in [0.25, 0.3) is 0 Å². The second kappa shape index (κ2) is 6.08. The highest BCUT2D eigenvalue weighted by atomic mass is 79.9. The van der Waals surface area contributed by atoms with Crippen LogP contribution in [0.3, 0.4) is 0 Å². The Morgan fingerprint density at radius 1 is 1.25 bits per heavy atom. The molecule has 16 heavy (non-hydrogen) atoms. The predicted molar refractivity (Wildman–Crippen MR) is 74.8 cm³/mol. The van der Waals surface area contributed by atoms with E-state index in [1.54, 1.807) is 0 Å². The number of thioether (sulfide) groups is 1. The molecule has 1 fully saturated rings. The van der Waals surface area contributed by atoms with Crippen molar-refractivity contribution in [3.63, 3.8) is 0 Å². The third-order valence-electron chi connectivity index (χ3n) is 3.13. The molecule has 1 aliphatic rings. The van der Waals surface area contributed by atoms with Crippen molar-refractivity contribution in [3.05, 3.63) is 28.2 Å². The molecule has 2 rings (SSSR count). The van der Waals surface area contributed by atoms with E-state index in [1.807, 2.05) is 11.8 Å². The van der Waals surface area contributed by atoms with Gasteiger partial charge in [0.1, 0.15) is 0 Å². The van der Waals surface area contributed by atoms with Crippen LogP contribution in [-0.4, -0.2) is 5.25 Å². The summed E-state index contributed by atoms with van der Waals surface area (Å²) >= 11 is 5.60. The summed E-state index contributed by atoms with van der Waals surface area (Å²) in [5.74, 6) is 0. The van der Waals surface area contributed by atoms with Crippen molar-refractivity contribution in [2.24, 2.45) is 5.73 Å². The number of hydrogen-bond acceptors (Lipinski definition) is 2. The van der Waals surface area contributed by atoms with Gasteiger partial charge in [-0.3, -0.25) is 0 Å². The SMILES string of the molecule is NCc1c(Br)cccc1SC1CCCCC1. The van der Waals surface area contributed by atoms with E-state index in [1.165, 1.54) is 42.6 Å². The minimum Gasteiger partial charge on any atom is -0.326 e. The molecule has 3 heteroatoms. The monoisotopic (exact) mass is 299 g/mol. The molecule has 0 heterocycles. The van der Waals surface area contributed by atoms with Crippen LogP contribution in [-0.2, 0) is 6.54 Å². The molecule has 0 atom stereocenters. The number of halogens is 1. The topological polar surface area (TPSA) is 26.0 Å². The highest BCUT2D eigenvalue weighted by Gasteiger charge is 2.16. The van der Waals surface area contributed by atoms with Gasteiger partial charge >= 0.3 is 0 Å². The van der Waals surface area contributed by atoms with Gasteiger partial charge in [-0.2, -0.15) is 0 Å². The highest BCUT2D eigenvalue weighted by Crippen LogP contribution is 2.37. The lowest BCUT2D eigenvalue weighted by Crippen LogP contribution is -2.09. The van der Waals surface area contributed by atoms with E-state index in [2.05, 4.69) is 34.1 Å². The molecule has 0 bridgehead atoms. The molecule has 0 amide bonds. The summed E-state index contributed by atoms with van der Waals surface area (Å²) in [5, 5.41) is 0.799. The fraction of sp³-hybridized carbons (Fsp3) is 0.538.